The highest BCUT2D eigenvalue weighted by atomic mass is 79.9. The second-order valence-corrected chi connectivity index (χ2v) is 10.8. The van der Waals surface area contributed by atoms with Gasteiger partial charge < -0.3 is 14.8 Å². The molecule has 1 aliphatic heterocycles. The Labute approximate surface area is 244 Å². The molecule has 0 saturated carbocycles. The number of nitrogens with zero attached hydrogens (tertiary/aromatic N) is 3. The van der Waals surface area contributed by atoms with Gasteiger partial charge in [0.05, 0.1) is 5.57 Å². The predicted octanol–water partition coefficient (Wildman–Crippen LogP) is 7.07. The molecule has 10 heteroatoms. The van der Waals surface area contributed by atoms with Gasteiger partial charge >= 0.3 is 5.97 Å². The number of allylic oxidation sites excluding steroid dienone is 1. The topological polar surface area (TPSA) is 78.3 Å². The summed E-state index contributed by atoms with van der Waals surface area (Å²) < 4.78 is 28.2. The number of rotatable bonds is 10. The van der Waals surface area contributed by atoms with Crippen LogP contribution in [0.4, 0.5) is 10.3 Å². The molecule has 1 unspecified atom stereocenters. The van der Waals surface area contributed by atoms with Crippen molar-refractivity contribution in [2.24, 2.45) is 0 Å². The van der Waals surface area contributed by atoms with E-state index in [0.717, 1.165) is 15.6 Å². The van der Waals surface area contributed by atoms with E-state index >= 15 is 0 Å². The Bertz CT molecular complexity index is 1570. The van der Waals surface area contributed by atoms with Crippen LogP contribution in [0.1, 0.15) is 29.7 Å². The maximum Gasteiger partial charge on any atom is 0.338 e. The number of carbonyl (C=O) groups excluding carboxylic acids is 1. The molecule has 0 radical (unpaired) electrons. The average Bonchev–Trinajstić information content (AvgIpc) is 3.36. The lowest BCUT2D eigenvalue weighted by atomic mass is 9.96. The van der Waals surface area contributed by atoms with Gasteiger partial charge in [-0.15, -0.1) is 5.10 Å². The molecule has 5 rings (SSSR count). The second-order valence-electron chi connectivity index (χ2n) is 8.98. The molecule has 3 aromatic carbocycles. The quantitative estimate of drug-likeness (QED) is 0.115. The molecule has 204 valence electrons. The Kier molecular flexibility index (Phi) is 8.66. The molecule has 40 heavy (non-hydrogen) atoms. The van der Waals surface area contributed by atoms with Crippen molar-refractivity contribution in [1.29, 1.82) is 0 Å². The van der Waals surface area contributed by atoms with Gasteiger partial charge in [0.15, 0.2) is 0 Å². The summed E-state index contributed by atoms with van der Waals surface area (Å²) >= 11 is 4.80. The lowest BCUT2D eigenvalue weighted by molar-refractivity contribution is -0.138. The largest absolute Gasteiger partial charge is 0.489 e. The Hall–Kier alpha value is -3.89. The normalized spacial score (nSPS) is 14.3. The standard InChI is InChI=1S/C30H26BrFN4O3S/c1-3-15-38-28(37)26-19(2)33-29-34-30(40-18-22-8-4-5-10-25(22)32)35-36(29)27(26)21-11-13-24(14-12-21)39-17-20-7-6-9-23(31)16-20/h3-14,16,27H,1,15,17-18H2,2H3,(H,33,34,35). The van der Waals surface area contributed by atoms with Crippen LogP contribution in [-0.2, 0) is 21.9 Å². The molecular formula is C30H26BrFN4O3S. The first-order chi connectivity index (χ1) is 19.4. The van der Waals surface area contributed by atoms with Crippen LogP contribution in [0.3, 0.4) is 0 Å². The molecule has 0 saturated heterocycles. The SMILES string of the molecule is C=CCOC(=O)C1=C(C)Nc2nc(SCc3ccccc3F)nn2C1c1ccc(OCc2cccc(Br)c2)cc1. The average molecular weight is 622 g/mol. The number of hydrogen-bond donors (Lipinski definition) is 1. The van der Waals surface area contributed by atoms with Gasteiger partial charge in [0.1, 0.15) is 30.8 Å². The number of aromatic nitrogens is 3. The van der Waals surface area contributed by atoms with E-state index in [-0.39, 0.29) is 12.4 Å². The van der Waals surface area contributed by atoms with Crippen molar-refractivity contribution in [3.8, 4) is 5.75 Å². The fourth-order valence-electron chi connectivity index (χ4n) is 4.27. The van der Waals surface area contributed by atoms with E-state index in [1.54, 1.807) is 29.8 Å². The summed E-state index contributed by atoms with van der Waals surface area (Å²) in [6.07, 6.45) is 1.52. The molecule has 1 N–H and O–H groups in total. The molecule has 2 heterocycles. The fraction of sp³-hybridized carbons (Fsp3) is 0.167. The lowest BCUT2D eigenvalue weighted by Gasteiger charge is -2.28. The molecule has 0 bridgehead atoms. The number of anilines is 1. The van der Waals surface area contributed by atoms with Crippen LogP contribution < -0.4 is 10.1 Å². The van der Waals surface area contributed by atoms with E-state index in [0.29, 0.717) is 46.0 Å². The molecule has 1 aliphatic rings. The molecule has 1 aromatic heterocycles. The van der Waals surface area contributed by atoms with Crippen LogP contribution in [0.15, 0.2) is 106 Å². The molecule has 7 nitrogen and oxygen atoms in total. The molecule has 0 spiro atoms. The Morgan fingerprint density at radius 3 is 2.73 bits per heavy atom. The number of fused-ring (bicyclic) bond motifs is 1. The third-order valence-electron chi connectivity index (χ3n) is 6.19. The predicted molar refractivity (Wildman–Crippen MR) is 157 cm³/mol. The van der Waals surface area contributed by atoms with E-state index in [1.165, 1.54) is 23.9 Å². The minimum Gasteiger partial charge on any atom is -0.489 e. The van der Waals surface area contributed by atoms with E-state index in [9.17, 15) is 9.18 Å². The molecule has 1 atom stereocenters. The van der Waals surface area contributed by atoms with Gasteiger partial charge in [-0.2, -0.15) is 4.98 Å². The highest BCUT2D eigenvalue weighted by Crippen LogP contribution is 2.37. The van der Waals surface area contributed by atoms with Crippen LogP contribution in [-0.4, -0.2) is 27.3 Å². The minimum atomic E-state index is -0.594. The van der Waals surface area contributed by atoms with Crippen LogP contribution >= 0.6 is 27.7 Å². The number of nitrogens with one attached hydrogen (secondary N) is 1. The number of benzene rings is 3. The highest BCUT2D eigenvalue weighted by molar-refractivity contribution is 9.10. The number of halogens is 2. The summed E-state index contributed by atoms with van der Waals surface area (Å²) in [5, 5.41) is 8.33. The summed E-state index contributed by atoms with van der Waals surface area (Å²) in [5.74, 6) is 0.780. The van der Waals surface area contributed by atoms with Crippen LogP contribution in [0.25, 0.3) is 0 Å². The van der Waals surface area contributed by atoms with Crippen molar-refractivity contribution in [2.45, 2.75) is 30.5 Å². The zero-order chi connectivity index (χ0) is 28.1. The third-order valence-corrected chi connectivity index (χ3v) is 7.57. The summed E-state index contributed by atoms with van der Waals surface area (Å²) in [5.41, 5.74) is 3.42. The van der Waals surface area contributed by atoms with Gasteiger partial charge in [-0.3, -0.25) is 0 Å². The number of carbonyl (C=O) groups is 1. The van der Waals surface area contributed by atoms with Gasteiger partial charge in [-0.25, -0.2) is 13.9 Å². The fourth-order valence-corrected chi connectivity index (χ4v) is 5.54. The number of ether oxygens (including phenoxy) is 2. The maximum atomic E-state index is 14.1. The van der Waals surface area contributed by atoms with Crippen molar-refractivity contribution >= 4 is 39.6 Å². The highest BCUT2D eigenvalue weighted by Gasteiger charge is 2.35. The van der Waals surface area contributed by atoms with E-state index in [2.05, 4.69) is 32.8 Å². The van der Waals surface area contributed by atoms with Gasteiger partial charge in [-0.05, 0) is 53.9 Å². The van der Waals surface area contributed by atoms with Crippen molar-refractivity contribution in [2.75, 3.05) is 11.9 Å². The Balaban J connectivity index is 1.42. The van der Waals surface area contributed by atoms with Crippen molar-refractivity contribution in [3.05, 3.63) is 124 Å². The molecular weight excluding hydrogens is 595 g/mol. The number of thioether (sulfide) groups is 1. The van der Waals surface area contributed by atoms with Gasteiger partial charge in [0.2, 0.25) is 11.1 Å². The van der Waals surface area contributed by atoms with E-state index < -0.39 is 12.0 Å². The zero-order valence-corrected chi connectivity index (χ0v) is 24.0. The molecule has 4 aromatic rings. The van der Waals surface area contributed by atoms with Crippen LogP contribution in [0.2, 0.25) is 0 Å². The Morgan fingerprint density at radius 1 is 1.18 bits per heavy atom. The van der Waals surface area contributed by atoms with E-state index in [4.69, 9.17) is 14.6 Å². The minimum absolute atomic E-state index is 0.0820. The van der Waals surface area contributed by atoms with Crippen LogP contribution in [0.5, 0.6) is 5.75 Å². The Morgan fingerprint density at radius 2 is 1.98 bits per heavy atom. The first-order valence-electron chi connectivity index (χ1n) is 12.5. The summed E-state index contributed by atoms with van der Waals surface area (Å²) in [4.78, 5) is 17.8. The third kappa shape index (κ3) is 6.29. The van der Waals surface area contributed by atoms with E-state index in [1.807, 2.05) is 48.5 Å². The smallest absolute Gasteiger partial charge is 0.338 e. The van der Waals surface area contributed by atoms with Gasteiger partial charge in [-0.1, -0.05) is 82.8 Å². The molecule has 0 aliphatic carbocycles. The number of esters is 1. The summed E-state index contributed by atoms with van der Waals surface area (Å²) in [7, 11) is 0. The van der Waals surface area contributed by atoms with Crippen molar-refractivity contribution in [3.63, 3.8) is 0 Å². The first-order valence-corrected chi connectivity index (χ1v) is 14.3. The van der Waals surface area contributed by atoms with Gasteiger partial charge in [0, 0.05) is 15.9 Å². The van der Waals surface area contributed by atoms with Crippen LogP contribution in [0, 0.1) is 5.82 Å². The lowest BCUT2D eigenvalue weighted by Crippen LogP contribution is -2.29. The zero-order valence-electron chi connectivity index (χ0n) is 21.6. The van der Waals surface area contributed by atoms with Crippen molar-refractivity contribution in [1.82, 2.24) is 14.8 Å². The summed E-state index contributed by atoms with van der Waals surface area (Å²) in [6.45, 7) is 5.94. The monoisotopic (exact) mass is 620 g/mol. The second kappa shape index (κ2) is 12.5. The summed E-state index contributed by atoms with van der Waals surface area (Å²) in [6, 6.07) is 21.5. The molecule has 0 amide bonds. The first kappa shape index (κ1) is 27.7. The number of hydrogen-bond acceptors (Lipinski definition) is 7. The van der Waals surface area contributed by atoms with Gasteiger partial charge in [0.25, 0.3) is 0 Å². The van der Waals surface area contributed by atoms with Crippen molar-refractivity contribution < 1.29 is 18.7 Å². The molecule has 0 fully saturated rings. The maximum absolute atomic E-state index is 14.1.